The van der Waals surface area contributed by atoms with E-state index < -0.39 is 0 Å². The molecule has 74 valence electrons. The number of halogens is 3. The van der Waals surface area contributed by atoms with Crippen molar-refractivity contribution in [3.05, 3.63) is 33.8 Å². The lowest BCUT2D eigenvalue weighted by Gasteiger charge is -1.94. The zero-order valence-electron chi connectivity index (χ0n) is 7.49. The van der Waals surface area contributed by atoms with E-state index in [1.165, 1.54) is 0 Å². The van der Waals surface area contributed by atoms with Crippen molar-refractivity contribution in [1.29, 1.82) is 0 Å². The number of benzene rings is 1. The van der Waals surface area contributed by atoms with E-state index in [4.69, 9.17) is 34.8 Å². The molecule has 0 N–H and O–H groups in total. The molecule has 0 unspecified atom stereocenters. The zero-order chi connectivity index (χ0) is 10.4. The van der Waals surface area contributed by atoms with Crippen LogP contribution in [-0.4, -0.2) is 5.88 Å². The smallest absolute Gasteiger partial charge is 0.0604 e. The molecule has 0 radical (unpaired) electrons. The van der Waals surface area contributed by atoms with Gasteiger partial charge in [0.1, 0.15) is 0 Å². The molecule has 1 rings (SSSR count). The van der Waals surface area contributed by atoms with Gasteiger partial charge in [-0.05, 0) is 24.6 Å². The van der Waals surface area contributed by atoms with Crippen molar-refractivity contribution >= 4 is 34.8 Å². The van der Waals surface area contributed by atoms with Gasteiger partial charge in [-0.2, -0.15) is 0 Å². The number of hydrogen-bond donors (Lipinski definition) is 0. The van der Waals surface area contributed by atoms with E-state index in [1.54, 1.807) is 12.1 Å². The predicted molar refractivity (Wildman–Crippen MR) is 63.3 cm³/mol. The van der Waals surface area contributed by atoms with Gasteiger partial charge in [0.25, 0.3) is 0 Å². The minimum absolute atomic E-state index is 0.538. The number of rotatable bonds is 2. The van der Waals surface area contributed by atoms with Crippen LogP contribution in [0.25, 0.3) is 0 Å². The Morgan fingerprint density at radius 2 is 1.93 bits per heavy atom. The van der Waals surface area contributed by atoms with E-state index in [2.05, 4.69) is 11.8 Å². The van der Waals surface area contributed by atoms with Crippen LogP contribution in [0.2, 0.25) is 10.0 Å². The van der Waals surface area contributed by atoms with Crippen molar-refractivity contribution in [1.82, 2.24) is 0 Å². The van der Waals surface area contributed by atoms with Crippen LogP contribution in [0.15, 0.2) is 18.2 Å². The van der Waals surface area contributed by atoms with Crippen LogP contribution in [0.4, 0.5) is 0 Å². The second-order valence-corrected chi connectivity index (χ2v) is 3.92. The summed E-state index contributed by atoms with van der Waals surface area (Å²) in [5.41, 5.74) is 0.883. The molecule has 1 aromatic rings. The fraction of sp³-hybridized carbons (Fsp3) is 0.273. The van der Waals surface area contributed by atoms with E-state index >= 15 is 0 Å². The Morgan fingerprint density at radius 1 is 1.14 bits per heavy atom. The van der Waals surface area contributed by atoms with Gasteiger partial charge < -0.3 is 0 Å². The topological polar surface area (TPSA) is 0 Å². The zero-order valence-corrected chi connectivity index (χ0v) is 9.76. The highest BCUT2D eigenvalue weighted by molar-refractivity contribution is 6.42. The monoisotopic (exact) mass is 246 g/mol. The van der Waals surface area contributed by atoms with E-state index in [0.29, 0.717) is 15.9 Å². The highest BCUT2D eigenvalue weighted by Crippen LogP contribution is 2.21. The first kappa shape index (κ1) is 11.7. The molecule has 0 bridgehead atoms. The largest absolute Gasteiger partial charge is 0.127 e. The first-order valence-electron chi connectivity index (χ1n) is 4.24. The van der Waals surface area contributed by atoms with E-state index in [9.17, 15) is 0 Å². The van der Waals surface area contributed by atoms with E-state index in [-0.39, 0.29) is 0 Å². The van der Waals surface area contributed by atoms with Gasteiger partial charge in [0, 0.05) is 17.9 Å². The predicted octanol–water partition coefficient (Wildman–Crippen LogP) is 4.36. The third-order valence-electron chi connectivity index (χ3n) is 1.59. The van der Waals surface area contributed by atoms with Crippen LogP contribution < -0.4 is 0 Å². The van der Waals surface area contributed by atoms with Gasteiger partial charge >= 0.3 is 0 Å². The van der Waals surface area contributed by atoms with Gasteiger partial charge in [-0.3, -0.25) is 0 Å². The van der Waals surface area contributed by atoms with Gasteiger partial charge in [-0.15, -0.1) is 11.6 Å². The van der Waals surface area contributed by atoms with Gasteiger partial charge in [0.05, 0.1) is 10.0 Å². The van der Waals surface area contributed by atoms with Crippen LogP contribution >= 0.6 is 34.8 Å². The fourth-order valence-electron chi connectivity index (χ4n) is 0.894. The van der Waals surface area contributed by atoms with Crippen LogP contribution in [0.3, 0.4) is 0 Å². The molecule has 0 saturated heterocycles. The van der Waals surface area contributed by atoms with Crippen molar-refractivity contribution in [3.8, 4) is 11.8 Å². The minimum atomic E-state index is 0.538. The van der Waals surface area contributed by atoms with Gasteiger partial charge in [0.15, 0.2) is 0 Å². The Bertz CT molecular complexity index is 361. The molecule has 0 amide bonds. The van der Waals surface area contributed by atoms with Crippen molar-refractivity contribution in [2.24, 2.45) is 0 Å². The molecule has 1 aromatic carbocycles. The highest BCUT2D eigenvalue weighted by atomic mass is 35.5. The van der Waals surface area contributed by atoms with Crippen molar-refractivity contribution in [2.75, 3.05) is 5.88 Å². The summed E-state index contributed by atoms with van der Waals surface area (Å²) in [5.74, 6) is 6.66. The summed E-state index contributed by atoms with van der Waals surface area (Å²) in [6, 6.07) is 5.36. The first-order chi connectivity index (χ1) is 6.74. The Hall–Kier alpha value is -0.350. The van der Waals surface area contributed by atoms with E-state index in [0.717, 1.165) is 18.4 Å². The summed E-state index contributed by atoms with van der Waals surface area (Å²) in [7, 11) is 0. The molecular weight excluding hydrogens is 238 g/mol. The molecule has 0 aliphatic heterocycles. The third-order valence-corrected chi connectivity index (χ3v) is 2.59. The van der Waals surface area contributed by atoms with Crippen LogP contribution in [0.1, 0.15) is 18.4 Å². The summed E-state index contributed by atoms with van der Waals surface area (Å²) in [6.07, 6.45) is 1.72. The van der Waals surface area contributed by atoms with Crippen LogP contribution in [0.5, 0.6) is 0 Å². The molecule has 3 heteroatoms. The standard InChI is InChI=1S/C11H9Cl3/c12-7-3-1-2-4-9-5-6-10(13)11(14)8-9/h5-6,8H,1,3,7H2. The number of unbranched alkanes of at least 4 members (excludes halogenated alkanes) is 1. The second kappa shape index (κ2) is 6.19. The number of hydrogen-bond acceptors (Lipinski definition) is 0. The summed E-state index contributed by atoms with van der Waals surface area (Å²) in [4.78, 5) is 0. The lowest BCUT2D eigenvalue weighted by atomic mass is 10.2. The third kappa shape index (κ3) is 3.80. The molecule has 0 atom stereocenters. The Labute approximate surface area is 99.2 Å². The maximum absolute atomic E-state index is 5.83. The Balaban J connectivity index is 2.66. The molecule has 0 spiro atoms. The maximum Gasteiger partial charge on any atom is 0.0604 e. The van der Waals surface area contributed by atoms with Crippen LogP contribution in [-0.2, 0) is 0 Å². The maximum atomic E-state index is 5.83. The molecule has 0 aliphatic carbocycles. The second-order valence-electron chi connectivity index (χ2n) is 2.72. The van der Waals surface area contributed by atoms with Crippen molar-refractivity contribution < 1.29 is 0 Å². The van der Waals surface area contributed by atoms with Gasteiger partial charge in [-0.25, -0.2) is 0 Å². The first-order valence-corrected chi connectivity index (χ1v) is 5.53. The van der Waals surface area contributed by atoms with Gasteiger partial charge in [0.2, 0.25) is 0 Å². The molecule has 0 heterocycles. The summed E-state index contributed by atoms with van der Waals surface area (Å²) in [5, 5.41) is 1.09. The summed E-state index contributed by atoms with van der Waals surface area (Å²) < 4.78 is 0. The van der Waals surface area contributed by atoms with Gasteiger partial charge in [-0.1, -0.05) is 35.0 Å². The number of alkyl halides is 1. The molecule has 0 nitrogen and oxygen atoms in total. The Kier molecular flexibility index (Phi) is 5.19. The molecule has 0 saturated carbocycles. The fourth-order valence-corrected chi connectivity index (χ4v) is 1.33. The molecule has 14 heavy (non-hydrogen) atoms. The Morgan fingerprint density at radius 3 is 2.57 bits per heavy atom. The average molecular weight is 248 g/mol. The highest BCUT2D eigenvalue weighted by Gasteiger charge is 1.96. The molecule has 0 aliphatic rings. The minimum Gasteiger partial charge on any atom is -0.127 e. The van der Waals surface area contributed by atoms with Crippen LogP contribution in [0, 0.1) is 11.8 Å². The SMILES string of the molecule is ClCCCC#Cc1ccc(Cl)c(Cl)c1. The summed E-state index contributed by atoms with van der Waals surface area (Å²) >= 11 is 17.1. The quantitative estimate of drug-likeness (QED) is 0.414. The van der Waals surface area contributed by atoms with Crippen molar-refractivity contribution in [2.45, 2.75) is 12.8 Å². The summed E-state index contributed by atoms with van der Waals surface area (Å²) in [6.45, 7) is 0. The lowest BCUT2D eigenvalue weighted by molar-refractivity contribution is 0.991. The normalized spacial score (nSPS) is 9.36. The van der Waals surface area contributed by atoms with Crippen molar-refractivity contribution in [3.63, 3.8) is 0 Å². The molecule has 0 aromatic heterocycles. The molecule has 0 fully saturated rings. The van der Waals surface area contributed by atoms with E-state index in [1.807, 2.05) is 6.07 Å². The average Bonchev–Trinajstić information content (AvgIpc) is 2.18. The molecular formula is C11H9Cl3. The lowest BCUT2D eigenvalue weighted by Crippen LogP contribution is -1.76.